The van der Waals surface area contributed by atoms with Gasteiger partial charge in [0, 0.05) is 19.2 Å². The molecule has 120 valence electrons. The number of hydrogen-bond donors (Lipinski definition) is 1. The molecule has 0 radical (unpaired) electrons. The molecule has 0 spiro atoms. The lowest BCUT2D eigenvalue weighted by Gasteiger charge is -2.34. The molecule has 2 amide bonds. The van der Waals surface area contributed by atoms with Crippen molar-refractivity contribution < 1.29 is 9.59 Å². The lowest BCUT2D eigenvalue weighted by atomic mass is 9.95. The third-order valence-corrected chi connectivity index (χ3v) is 5.17. The van der Waals surface area contributed by atoms with E-state index >= 15 is 0 Å². The average molecular weight is 320 g/mol. The van der Waals surface area contributed by atoms with Crippen molar-refractivity contribution in [2.45, 2.75) is 45.3 Å². The monoisotopic (exact) mass is 320 g/mol. The Morgan fingerprint density at radius 2 is 2.14 bits per heavy atom. The zero-order valence-electron chi connectivity index (χ0n) is 13.7. The van der Waals surface area contributed by atoms with Crippen molar-refractivity contribution >= 4 is 35.0 Å². The minimum Gasteiger partial charge on any atom is -0.326 e. The highest BCUT2D eigenvalue weighted by molar-refractivity contribution is 7.99. The lowest BCUT2D eigenvalue weighted by molar-refractivity contribution is -0.118. The summed E-state index contributed by atoms with van der Waals surface area (Å²) in [5.41, 5.74) is 4.01. The number of rotatable bonds is 4. The minimum absolute atomic E-state index is 0.00484. The van der Waals surface area contributed by atoms with E-state index in [1.165, 1.54) is 6.92 Å². The maximum atomic E-state index is 12.8. The molecule has 1 N–H and O–H groups in total. The molecule has 2 rings (SSSR count). The van der Waals surface area contributed by atoms with Crippen LogP contribution in [-0.2, 0) is 16.0 Å². The molecule has 1 aromatic rings. The van der Waals surface area contributed by atoms with Crippen LogP contribution in [0, 0.1) is 6.92 Å². The maximum Gasteiger partial charge on any atom is 0.240 e. The summed E-state index contributed by atoms with van der Waals surface area (Å²) >= 11 is 1.61. The summed E-state index contributed by atoms with van der Waals surface area (Å²) in [5.74, 6) is 0.101. The second-order valence-electron chi connectivity index (χ2n) is 5.66. The highest BCUT2D eigenvalue weighted by Crippen LogP contribution is 2.37. The highest BCUT2D eigenvalue weighted by atomic mass is 32.2. The normalized spacial score (nSPS) is 15.2. The number of hydrogen-bond acceptors (Lipinski definition) is 3. The highest BCUT2D eigenvalue weighted by Gasteiger charge is 2.29. The van der Waals surface area contributed by atoms with Gasteiger partial charge in [0.1, 0.15) is 0 Å². The molecule has 4 nitrogen and oxygen atoms in total. The number of fused-ring (bicyclic) bond motifs is 1. The summed E-state index contributed by atoms with van der Waals surface area (Å²) in [6.07, 6.45) is 4.64. The Morgan fingerprint density at radius 1 is 1.41 bits per heavy atom. The lowest BCUT2D eigenvalue weighted by Crippen LogP contribution is -2.41. The van der Waals surface area contributed by atoms with Gasteiger partial charge in [0.15, 0.2) is 0 Å². The molecule has 0 saturated carbocycles. The zero-order chi connectivity index (χ0) is 16.3. The summed E-state index contributed by atoms with van der Waals surface area (Å²) < 4.78 is 0. The Kier molecular flexibility index (Phi) is 5.51. The molecule has 0 unspecified atom stereocenters. The summed E-state index contributed by atoms with van der Waals surface area (Å²) in [5, 5.41) is 2.89. The van der Waals surface area contributed by atoms with Gasteiger partial charge in [-0.3, -0.25) is 9.59 Å². The van der Waals surface area contributed by atoms with Crippen LogP contribution < -0.4 is 10.2 Å². The molecule has 0 bridgehead atoms. The number of nitrogens with zero attached hydrogens (tertiary/aromatic N) is 1. The first-order chi connectivity index (χ1) is 10.5. The smallest absolute Gasteiger partial charge is 0.240 e. The first kappa shape index (κ1) is 16.9. The van der Waals surface area contributed by atoms with Crippen LogP contribution in [0.3, 0.4) is 0 Å². The predicted molar refractivity (Wildman–Crippen MR) is 93.8 cm³/mol. The summed E-state index contributed by atoms with van der Waals surface area (Å²) in [6, 6.07) is 3.92. The Hall–Kier alpha value is -1.49. The van der Waals surface area contributed by atoms with Gasteiger partial charge in [-0.15, -0.1) is 0 Å². The van der Waals surface area contributed by atoms with Gasteiger partial charge < -0.3 is 10.2 Å². The number of aryl methyl sites for hydroxylation is 1. The second kappa shape index (κ2) is 7.18. The van der Waals surface area contributed by atoms with E-state index in [2.05, 4.69) is 5.32 Å². The van der Waals surface area contributed by atoms with E-state index in [0.717, 1.165) is 48.3 Å². The third-order valence-electron chi connectivity index (χ3n) is 4.07. The number of thioether (sulfide) groups is 1. The predicted octanol–water partition coefficient (Wildman–Crippen LogP) is 3.37. The van der Waals surface area contributed by atoms with Crippen LogP contribution in [0.15, 0.2) is 12.1 Å². The van der Waals surface area contributed by atoms with E-state index in [4.69, 9.17) is 0 Å². The first-order valence-electron chi connectivity index (χ1n) is 7.73. The number of anilines is 2. The van der Waals surface area contributed by atoms with Gasteiger partial charge >= 0.3 is 0 Å². The van der Waals surface area contributed by atoms with E-state index in [-0.39, 0.29) is 17.1 Å². The van der Waals surface area contributed by atoms with Gasteiger partial charge in [0.2, 0.25) is 11.8 Å². The molecule has 1 aromatic carbocycles. The number of benzene rings is 1. The maximum absolute atomic E-state index is 12.8. The van der Waals surface area contributed by atoms with Crippen LogP contribution in [0.1, 0.15) is 37.8 Å². The first-order valence-corrected chi connectivity index (χ1v) is 9.02. The van der Waals surface area contributed by atoms with Crippen molar-refractivity contribution in [1.82, 2.24) is 0 Å². The Bertz CT molecular complexity index is 582. The van der Waals surface area contributed by atoms with Gasteiger partial charge in [-0.2, -0.15) is 11.8 Å². The quantitative estimate of drug-likeness (QED) is 0.925. The van der Waals surface area contributed by atoms with E-state index in [1.807, 2.05) is 37.1 Å². The SMILES string of the molecule is CC[C@H](SC)C(=O)N1CCCc2c(NC(C)=O)ccc(C)c21. The van der Waals surface area contributed by atoms with Gasteiger partial charge in [0.05, 0.1) is 10.9 Å². The van der Waals surface area contributed by atoms with Crippen LogP contribution in [0.25, 0.3) is 0 Å². The fourth-order valence-electron chi connectivity index (χ4n) is 3.05. The molecule has 22 heavy (non-hydrogen) atoms. The van der Waals surface area contributed by atoms with Crippen molar-refractivity contribution in [3.63, 3.8) is 0 Å². The number of amides is 2. The Morgan fingerprint density at radius 3 is 2.73 bits per heavy atom. The fraction of sp³-hybridized carbons (Fsp3) is 0.529. The second-order valence-corrected chi connectivity index (χ2v) is 6.70. The van der Waals surface area contributed by atoms with E-state index in [1.54, 1.807) is 11.8 Å². The molecule has 0 fully saturated rings. The zero-order valence-corrected chi connectivity index (χ0v) is 14.5. The van der Waals surface area contributed by atoms with Crippen molar-refractivity contribution in [3.8, 4) is 0 Å². The number of nitrogens with one attached hydrogen (secondary N) is 1. The molecule has 5 heteroatoms. The van der Waals surface area contributed by atoms with Gasteiger partial charge in [-0.05, 0) is 49.6 Å². The third kappa shape index (κ3) is 3.29. The van der Waals surface area contributed by atoms with Gasteiger partial charge in [-0.1, -0.05) is 13.0 Å². The van der Waals surface area contributed by atoms with Crippen LogP contribution in [0.5, 0.6) is 0 Å². The van der Waals surface area contributed by atoms with Crippen LogP contribution in [-0.4, -0.2) is 29.9 Å². The summed E-state index contributed by atoms with van der Waals surface area (Å²) in [4.78, 5) is 26.2. The molecule has 1 aliphatic heterocycles. The molecule has 1 atom stereocenters. The largest absolute Gasteiger partial charge is 0.326 e. The van der Waals surface area contributed by atoms with Crippen LogP contribution >= 0.6 is 11.8 Å². The molecule has 0 saturated heterocycles. The van der Waals surface area contributed by atoms with Crippen molar-refractivity contribution in [1.29, 1.82) is 0 Å². The molecular formula is C17H24N2O2S. The summed E-state index contributed by atoms with van der Waals surface area (Å²) in [7, 11) is 0. The molecule has 0 aliphatic carbocycles. The molecular weight excluding hydrogens is 296 g/mol. The van der Waals surface area contributed by atoms with Crippen LogP contribution in [0.4, 0.5) is 11.4 Å². The topological polar surface area (TPSA) is 49.4 Å². The molecule has 1 aliphatic rings. The van der Waals surface area contributed by atoms with Crippen LogP contribution in [0.2, 0.25) is 0 Å². The van der Waals surface area contributed by atoms with Gasteiger partial charge in [0.25, 0.3) is 0 Å². The molecule has 0 aromatic heterocycles. The Balaban J connectivity index is 2.45. The van der Waals surface area contributed by atoms with Crippen molar-refractivity contribution in [2.24, 2.45) is 0 Å². The number of carbonyl (C=O) groups excluding carboxylic acids is 2. The Labute approximate surface area is 136 Å². The van der Waals surface area contributed by atoms with E-state index < -0.39 is 0 Å². The van der Waals surface area contributed by atoms with Gasteiger partial charge in [-0.25, -0.2) is 0 Å². The number of carbonyl (C=O) groups is 2. The summed E-state index contributed by atoms with van der Waals surface area (Å²) in [6.45, 7) is 6.35. The standard InChI is InChI=1S/C17H24N2O2S/c1-5-15(22-4)17(21)19-10-6-7-13-14(18-12(3)20)9-8-11(2)16(13)19/h8-9,15H,5-7,10H2,1-4H3,(H,18,20)/t15-/m0/s1. The van der Waals surface area contributed by atoms with E-state index in [0.29, 0.717) is 0 Å². The minimum atomic E-state index is -0.0787. The van der Waals surface area contributed by atoms with Crippen molar-refractivity contribution in [2.75, 3.05) is 23.0 Å². The van der Waals surface area contributed by atoms with Crippen molar-refractivity contribution in [3.05, 3.63) is 23.3 Å². The fourth-order valence-corrected chi connectivity index (χ4v) is 3.71. The van der Waals surface area contributed by atoms with E-state index in [9.17, 15) is 9.59 Å². The average Bonchev–Trinajstić information content (AvgIpc) is 2.50. The molecule has 1 heterocycles.